The normalized spacial score (nSPS) is 17.5. The molecule has 0 atom stereocenters. The lowest BCUT2D eigenvalue weighted by atomic mass is 10.2. The number of ether oxygens (including phenoxy) is 2. The van der Waals surface area contributed by atoms with Gasteiger partial charge in [0, 0.05) is 18.6 Å². The Morgan fingerprint density at radius 3 is 2.85 bits per heavy atom. The number of hydrogen-bond acceptors (Lipinski definition) is 5. The third-order valence-electron chi connectivity index (χ3n) is 1.63. The molecule has 5 heteroatoms. The average molecular weight is 184 g/mol. The van der Waals surface area contributed by atoms with E-state index in [9.17, 15) is 4.79 Å². The monoisotopic (exact) mass is 184 g/mol. The van der Waals surface area contributed by atoms with E-state index in [1.165, 1.54) is 7.11 Å². The first kappa shape index (κ1) is 9.85. The van der Waals surface area contributed by atoms with E-state index in [0.717, 1.165) is 24.8 Å². The van der Waals surface area contributed by atoms with Crippen molar-refractivity contribution in [1.82, 2.24) is 0 Å². The van der Waals surface area contributed by atoms with Crippen molar-refractivity contribution in [3.63, 3.8) is 0 Å². The van der Waals surface area contributed by atoms with E-state index in [4.69, 9.17) is 4.74 Å². The summed E-state index contributed by atoms with van der Waals surface area (Å²) in [5.74, 6) is -0.489. The van der Waals surface area contributed by atoms with Crippen LogP contribution in [0.15, 0.2) is 10.2 Å². The number of rotatable bonds is 2. The molecule has 0 aromatic carbocycles. The second kappa shape index (κ2) is 5.42. The predicted octanol–water partition coefficient (Wildman–Crippen LogP) is 0.397. The van der Waals surface area contributed by atoms with Gasteiger partial charge in [-0.2, -0.15) is 10.2 Å². The van der Waals surface area contributed by atoms with Crippen LogP contribution < -0.4 is 0 Å². The Morgan fingerprint density at radius 1 is 1.54 bits per heavy atom. The van der Waals surface area contributed by atoms with Crippen molar-refractivity contribution in [3.05, 3.63) is 0 Å². The Hall–Kier alpha value is -1.23. The largest absolute Gasteiger partial charge is 0.465 e. The number of methoxy groups -OCH3 is 1. The van der Waals surface area contributed by atoms with E-state index in [1.807, 2.05) is 0 Å². The van der Waals surface area contributed by atoms with Crippen molar-refractivity contribution in [2.75, 3.05) is 20.3 Å². The highest BCUT2D eigenvalue weighted by atomic mass is 16.5. The molecule has 0 spiro atoms. The van der Waals surface area contributed by atoms with Gasteiger partial charge in [0.25, 0.3) is 0 Å². The molecule has 0 unspecified atom stereocenters. The van der Waals surface area contributed by atoms with Crippen LogP contribution in [0.3, 0.4) is 0 Å². The lowest BCUT2D eigenvalue weighted by Crippen LogP contribution is -2.14. The van der Waals surface area contributed by atoms with Crippen LogP contribution in [0.5, 0.6) is 0 Å². The van der Waals surface area contributed by atoms with E-state index in [0.29, 0.717) is 13.2 Å². The minimum absolute atomic E-state index is 0.489. The summed E-state index contributed by atoms with van der Waals surface area (Å²) in [6, 6.07) is 0. The molecule has 0 radical (unpaired) electrons. The number of hydrogen-bond donors (Lipinski definition) is 0. The first-order valence-electron chi connectivity index (χ1n) is 4.07. The maximum absolute atomic E-state index is 10.6. The first-order valence-corrected chi connectivity index (χ1v) is 4.07. The standard InChI is InChI=1S/C8H12N2O3/c1-12-8(11)6-9-10-7-2-4-13-5-3-7/h6H,2-5H2,1H3. The van der Waals surface area contributed by atoms with E-state index < -0.39 is 5.97 Å². The Bertz CT molecular complexity index is 228. The third-order valence-corrected chi connectivity index (χ3v) is 1.63. The first-order chi connectivity index (χ1) is 6.33. The maximum atomic E-state index is 10.6. The van der Waals surface area contributed by atoms with Crippen molar-refractivity contribution in [2.24, 2.45) is 10.2 Å². The van der Waals surface area contributed by atoms with Crippen LogP contribution in [0.4, 0.5) is 0 Å². The fraction of sp³-hybridized carbons (Fsp3) is 0.625. The van der Waals surface area contributed by atoms with Gasteiger partial charge in [0.05, 0.1) is 20.3 Å². The fourth-order valence-electron chi connectivity index (χ4n) is 0.917. The number of carbonyl (C=O) groups is 1. The molecule has 1 heterocycles. The summed E-state index contributed by atoms with van der Waals surface area (Å²) < 4.78 is 9.48. The maximum Gasteiger partial charge on any atom is 0.351 e. The van der Waals surface area contributed by atoms with Crippen molar-refractivity contribution in [1.29, 1.82) is 0 Å². The van der Waals surface area contributed by atoms with Crippen LogP contribution in [0.2, 0.25) is 0 Å². The number of esters is 1. The van der Waals surface area contributed by atoms with Crippen LogP contribution >= 0.6 is 0 Å². The lowest BCUT2D eigenvalue weighted by Gasteiger charge is -2.11. The van der Waals surface area contributed by atoms with Crippen LogP contribution in [0.1, 0.15) is 12.8 Å². The molecule has 1 aliphatic heterocycles. The molecule has 0 aromatic rings. The predicted molar refractivity (Wildman–Crippen MR) is 48.0 cm³/mol. The molecule has 72 valence electrons. The van der Waals surface area contributed by atoms with E-state index in [2.05, 4.69) is 14.9 Å². The lowest BCUT2D eigenvalue weighted by molar-refractivity contribution is -0.132. The second-order valence-electron chi connectivity index (χ2n) is 2.55. The minimum Gasteiger partial charge on any atom is -0.465 e. The van der Waals surface area contributed by atoms with E-state index in [-0.39, 0.29) is 0 Å². The Morgan fingerprint density at radius 2 is 2.23 bits per heavy atom. The zero-order valence-corrected chi connectivity index (χ0v) is 7.52. The number of nitrogens with zero attached hydrogens (tertiary/aromatic N) is 2. The van der Waals surface area contributed by atoms with E-state index >= 15 is 0 Å². The van der Waals surface area contributed by atoms with Crippen LogP contribution in [-0.2, 0) is 14.3 Å². The summed E-state index contributed by atoms with van der Waals surface area (Å²) in [4.78, 5) is 10.6. The molecule has 0 N–H and O–H groups in total. The van der Waals surface area contributed by atoms with Crippen LogP contribution in [0.25, 0.3) is 0 Å². The average Bonchev–Trinajstić information content (AvgIpc) is 2.19. The van der Waals surface area contributed by atoms with Crippen molar-refractivity contribution in [3.8, 4) is 0 Å². The van der Waals surface area contributed by atoms with Gasteiger partial charge in [-0.05, 0) is 0 Å². The van der Waals surface area contributed by atoms with Crippen molar-refractivity contribution < 1.29 is 14.3 Å². The highest BCUT2D eigenvalue weighted by molar-refractivity contribution is 6.23. The summed E-state index contributed by atoms with van der Waals surface area (Å²) in [5, 5.41) is 7.48. The quantitative estimate of drug-likeness (QED) is 0.354. The topological polar surface area (TPSA) is 60.2 Å². The van der Waals surface area contributed by atoms with Crippen molar-refractivity contribution >= 4 is 17.9 Å². The summed E-state index contributed by atoms with van der Waals surface area (Å²) in [6.07, 6.45) is 2.64. The summed E-state index contributed by atoms with van der Waals surface area (Å²) in [7, 11) is 1.30. The van der Waals surface area contributed by atoms with Crippen molar-refractivity contribution in [2.45, 2.75) is 12.8 Å². The zero-order valence-electron chi connectivity index (χ0n) is 7.52. The molecule has 5 nitrogen and oxygen atoms in total. The fourth-order valence-corrected chi connectivity index (χ4v) is 0.917. The highest BCUT2D eigenvalue weighted by Crippen LogP contribution is 2.02. The third kappa shape index (κ3) is 3.80. The number of carbonyl (C=O) groups excluding carboxylic acids is 1. The van der Waals surface area contributed by atoms with Gasteiger partial charge in [-0.15, -0.1) is 0 Å². The Balaban J connectivity index is 2.37. The molecular formula is C8H12N2O3. The van der Waals surface area contributed by atoms with Crippen LogP contribution in [-0.4, -0.2) is 38.2 Å². The molecule has 0 saturated carbocycles. The summed E-state index contributed by atoms with van der Waals surface area (Å²) >= 11 is 0. The molecule has 1 fully saturated rings. The Kier molecular flexibility index (Phi) is 4.11. The molecular weight excluding hydrogens is 172 g/mol. The van der Waals surface area contributed by atoms with Gasteiger partial charge in [-0.25, -0.2) is 4.79 Å². The molecule has 1 aliphatic rings. The molecule has 1 rings (SSSR count). The molecule has 0 aromatic heterocycles. The van der Waals surface area contributed by atoms with Gasteiger partial charge in [-0.3, -0.25) is 0 Å². The smallest absolute Gasteiger partial charge is 0.351 e. The van der Waals surface area contributed by atoms with Gasteiger partial charge in [0.1, 0.15) is 6.21 Å². The molecule has 0 amide bonds. The second-order valence-corrected chi connectivity index (χ2v) is 2.55. The minimum atomic E-state index is -0.489. The molecule has 0 bridgehead atoms. The van der Waals surface area contributed by atoms with Gasteiger partial charge in [0.2, 0.25) is 0 Å². The summed E-state index contributed by atoms with van der Waals surface area (Å²) in [6.45, 7) is 1.37. The molecule has 1 saturated heterocycles. The Labute approximate surface area is 76.4 Å². The highest BCUT2D eigenvalue weighted by Gasteiger charge is 2.05. The van der Waals surface area contributed by atoms with Crippen LogP contribution in [0, 0.1) is 0 Å². The van der Waals surface area contributed by atoms with Gasteiger partial charge in [0.15, 0.2) is 0 Å². The molecule has 13 heavy (non-hydrogen) atoms. The van der Waals surface area contributed by atoms with E-state index in [1.54, 1.807) is 0 Å². The van der Waals surface area contributed by atoms with Gasteiger partial charge < -0.3 is 9.47 Å². The van der Waals surface area contributed by atoms with Gasteiger partial charge in [-0.1, -0.05) is 0 Å². The van der Waals surface area contributed by atoms with Gasteiger partial charge >= 0.3 is 5.97 Å². The molecule has 0 aliphatic carbocycles. The summed E-state index contributed by atoms with van der Waals surface area (Å²) in [5.41, 5.74) is 0.964. The SMILES string of the molecule is COC(=O)C=NN=C1CCOCC1. The zero-order chi connectivity index (χ0) is 9.52.